The Labute approximate surface area is 127 Å². The number of nitrogens with zero attached hydrogens (tertiary/aromatic N) is 5. The average molecular weight is 296 g/mol. The van der Waals surface area contributed by atoms with Crippen molar-refractivity contribution in [3.8, 4) is 6.07 Å². The van der Waals surface area contributed by atoms with Gasteiger partial charge in [-0.25, -0.2) is 9.97 Å². The number of nitriles is 1. The van der Waals surface area contributed by atoms with Crippen molar-refractivity contribution >= 4 is 17.4 Å². The van der Waals surface area contributed by atoms with Crippen molar-refractivity contribution in [2.24, 2.45) is 0 Å². The Bertz CT molecular complexity index is 778. The first-order chi connectivity index (χ1) is 10.7. The highest BCUT2D eigenvalue weighted by atomic mass is 15.3. The number of aryl methyl sites for hydroxylation is 1. The highest BCUT2D eigenvalue weighted by molar-refractivity contribution is 6.06. The molecule has 2 aromatic rings. The van der Waals surface area contributed by atoms with Gasteiger partial charge in [-0.2, -0.15) is 9.78 Å². The second kappa shape index (κ2) is 5.54. The lowest BCUT2D eigenvalue weighted by Gasteiger charge is -2.41. The molecule has 1 fully saturated rings. The van der Waals surface area contributed by atoms with Gasteiger partial charge in [0.2, 0.25) is 0 Å². The van der Waals surface area contributed by atoms with Crippen molar-refractivity contribution in [1.82, 2.24) is 30.2 Å². The zero-order valence-corrected chi connectivity index (χ0v) is 12.2. The van der Waals surface area contributed by atoms with E-state index in [1.165, 1.54) is 6.21 Å². The van der Waals surface area contributed by atoms with Crippen LogP contribution in [0.2, 0.25) is 0 Å². The lowest BCUT2D eigenvalue weighted by Crippen LogP contribution is -2.66. The lowest BCUT2D eigenvalue weighted by atomic mass is 9.89. The van der Waals surface area contributed by atoms with E-state index in [4.69, 9.17) is 10.7 Å². The first kappa shape index (κ1) is 14.2. The number of hydrogen-bond donors (Lipinski definition) is 3. The summed E-state index contributed by atoms with van der Waals surface area (Å²) in [4.78, 5) is 8.59. The maximum atomic E-state index is 8.93. The van der Waals surface area contributed by atoms with E-state index >= 15 is 0 Å². The van der Waals surface area contributed by atoms with E-state index in [0.29, 0.717) is 29.3 Å². The molecular formula is C14H16N8. The standard InChI is InChI=1S/C14H16N8/c1-10-20-12-2-5-18-13(22(12)21-10)11(6-16)7-19-14(3-4-15)8-17-9-14/h2,5-7,16-17,19H,3,8-9H2,1H3/b11-7+,16-6?. The molecule has 0 aromatic carbocycles. The number of hydrogen-bond acceptors (Lipinski definition) is 7. The van der Waals surface area contributed by atoms with Crippen LogP contribution in [0, 0.1) is 23.7 Å². The van der Waals surface area contributed by atoms with Gasteiger partial charge in [0.25, 0.3) is 0 Å². The Morgan fingerprint density at radius 2 is 2.45 bits per heavy atom. The summed E-state index contributed by atoms with van der Waals surface area (Å²) < 4.78 is 1.61. The van der Waals surface area contributed by atoms with Gasteiger partial charge >= 0.3 is 0 Å². The molecule has 0 spiro atoms. The molecular weight excluding hydrogens is 280 g/mol. The number of aromatic nitrogens is 4. The normalized spacial score (nSPS) is 16.8. The van der Waals surface area contributed by atoms with E-state index in [1.54, 1.807) is 23.0 Å². The van der Waals surface area contributed by atoms with E-state index in [2.05, 4.69) is 31.8 Å². The quantitative estimate of drug-likeness (QED) is 0.682. The molecule has 8 heteroatoms. The second-order valence-electron chi connectivity index (χ2n) is 5.30. The zero-order chi connectivity index (χ0) is 15.6. The molecule has 0 amide bonds. The smallest absolute Gasteiger partial charge is 0.166 e. The summed E-state index contributed by atoms with van der Waals surface area (Å²) >= 11 is 0. The molecule has 0 radical (unpaired) electrons. The molecule has 0 atom stereocenters. The zero-order valence-electron chi connectivity index (χ0n) is 12.2. The summed E-state index contributed by atoms with van der Waals surface area (Å²) in [7, 11) is 0. The molecule has 0 bridgehead atoms. The minimum Gasteiger partial charge on any atom is -0.381 e. The Kier molecular flexibility index (Phi) is 3.56. The third kappa shape index (κ3) is 2.42. The summed E-state index contributed by atoms with van der Waals surface area (Å²) in [6.07, 6.45) is 5.00. The molecule has 1 aliphatic heterocycles. The Hall–Kier alpha value is -2.79. The third-order valence-corrected chi connectivity index (χ3v) is 3.65. The van der Waals surface area contributed by atoms with E-state index in [0.717, 1.165) is 13.1 Å². The van der Waals surface area contributed by atoms with E-state index < -0.39 is 0 Å². The predicted octanol–water partition coefficient (Wildman–Crippen LogP) is 0.268. The fourth-order valence-electron chi connectivity index (χ4n) is 2.38. The Balaban J connectivity index is 1.94. The topological polar surface area (TPSA) is 115 Å². The Morgan fingerprint density at radius 1 is 1.64 bits per heavy atom. The molecule has 1 aliphatic rings. The molecule has 112 valence electrons. The van der Waals surface area contributed by atoms with Crippen molar-refractivity contribution in [1.29, 1.82) is 10.7 Å². The summed E-state index contributed by atoms with van der Waals surface area (Å²) in [5.41, 5.74) is 1.00. The SMILES string of the molecule is Cc1nc2ccnc(/C(C=N)=C/NC3(CC#N)CNC3)n2n1. The largest absolute Gasteiger partial charge is 0.381 e. The van der Waals surface area contributed by atoms with Gasteiger partial charge in [0, 0.05) is 37.8 Å². The van der Waals surface area contributed by atoms with Gasteiger partial charge in [-0.05, 0) is 6.92 Å². The molecule has 0 saturated carbocycles. The number of allylic oxidation sites excluding steroid dienone is 1. The fraction of sp³-hybridized carbons (Fsp3) is 0.357. The number of fused-ring (bicyclic) bond motifs is 1. The molecule has 3 N–H and O–H groups in total. The van der Waals surface area contributed by atoms with E-state index in [9.17, 15) is 0 Å². The maximum absolute atomic E-state index is 8.93. The van der Waals surface area contributed by atoms with E-state index in [-0.39, 0.29) is 5.54 Å². The molecule has 2 aromatic heterocycles. The van der Waals surface area contributed by atoms with Crippen LogP contribution in [0.25, 0.3) is 11.2 Å². The van der Waals surface area contributed by atoms with Gasteiger partial charge in [0.05, 0.1) is 23.6 Å². The number of rotatable bonds is 5. The van der Waals surface area contributed by atoms with Crippen molar-refractivity contribution < 1.29 is 0 Å². The van der Waals surface area contributed by atoms with Crippen LogP contribution in [0.1, 0.15) is 18.1 Å². The van der Waals surface area contributed by atoms with Gasteiger partial charge in [0.15, 0.2) is 11.5 Å². The minimum atomic E-state index is -0.269. The van der Waals surface area contributed by atoms with Crippen LogP contribution >= 0.6 is 0 Å². The molecule has 3 rings (SSSR count). The van der Waals surface area contributed by atoms with Crippen LogP contribution in [-0.2, 0) is 0 Å². The van der Waals surface area contributed by atoms with Gasteiger partial charge in [-0.15, -0.1) is 5.10 Å². The summed E-state index contributed by atoms with van der Waals surface area (Å²) in [5, 5.41) is 27.3. The third-order valence-electron chi connectivity index (χ3n) is 3.65. The van der Waals surface area contributed by atoms with Crippen molar-refractivity contribution in [3.05, 3.63) is 30.1 Å². The maximum Gasteiger partial charge on any atom is 0.166 e. The summed E-state index contributed by atoms with van der Waals surface area (Å²) in [5.74, 6) is 1.19. The van der Waals surface area contributed by atoms with Gasteiger partial charge in [-0.3, -0.25) is 0 Å². The summed E-state index contributed by atoms with van der Waals surface area (Å²) in [6, 6.07) is 3.96. The number of nitrogens with one attached hydrogen (secondary N) is 3. The highest BCUT2D eigenvalue weighted by Gasteiger charge is 2.35. The predicted molar refractivity (Wildman–Crippen MR) is 81.2 cm³/mol. The lowest BCUT2D eigenvalue weighted by molar-refractivity contribution is 0.245. The van der Waals surface area contributed by atoms with Crippen LogP contribution in [0.4, 0.5) is 0 Å². The molecule has 0 unspecified atom stereocenters. The Morgan fingerprint density at radius 3 is 3.09 bits per heavy atom. The van der Waals surface area contributed by atoms with Crippen LogP contribution in [0.5, 0.6) is 0 Å². The van der Waals surface area contributed by atoms with Crippen molar-refractivity contribution in [2.75, 3.05) is 13.1 Å². The van der Waals surface area contributed by atoms with E-state index in [1.807, 2.05) is 6.92 Å². The molecule has 8 nitrogen and oxygen atoms in total. The monoisotopic (exact) mass is 296 g/mol. The first-order valence-corrected chi connectivity index (χ1v) is 6.92. The second-order valence-corrected chi connectivity index (χ2v) is 5.30. The van der Waals surface area contributed by atoms with Crippen LogP contribution in [0.3, 0.4) is 0 Å². The van der Waals surface area contributed by atoms with Crippen molar-refractivity contribution in [2.45, 2.75) is 18.9 Å². The molecule has 1 saturated heterocycles. The minimum absolute atomic E-state index is 0.269. The highest BCUT2D eigenvalue weighted by Crippen LogP contribution is 2.17. The molecule has 22 heavy (non-hydrogen) atoms. The molecule has 3 heterocycles. The fourth-order valence-corrected chi connectivity index (χ4v) is 2.38. The average Bonchev–Trinajstić information content (AvgIpc) is 2.85. The molecule has 0 aliphatic carbocycles. The van der Waals surface area contributed by atoms with Gasteiger partial charge in [0.1, 0.15) is 5.82 Å². The van der Waals surface area contributed by atoms with Crippen molar-refractivity contribution in [3.63, 3.8) is 0 Å². The van der Waals surface area contributed by atoms with Crippen LogP contribution in [-0.4, -0.2) is 44.4 Å². The summed E-state index contributed by atoms with van der Waals surface area (Å²) in [6.45, 7) is 3.26. The van der Waals surface area contributed by atoms with Gasteiger partial charge < -0.3 is 16.0 Å². The van der Waals surface area contributed by atoms with Crippen LogP contribution < -0.4 is 10.6 Å². The van der Waals surface area contributed by atoms with Crippen LogP contribution in [0.15, 0.2) is 18.5 Å². The first-order valence-electron chi connectivity index (χ1n) is 6.92. The van der Waals surface area contributed by atoms with Gasteiger partial charge in [-0.1, -0.05) is 0 Å².